The van der Waals surface area contributed by atoms with E-state index in [1.165, 1.54) is 6.07 Å². The van der Waals surface area contributed by atoms with Gasteiger partial charge in [-0.05, 0) is 27.0 Å². The normalized spacial score (nSPS) is 18.9. The Morgan fingerprint density at radius 2 is 2.10 bits per heavy atom. The van der Waals surface area contributed by atoms with Crippen LogP contribution >= 0.6 is 0 Å². The molecule has 0 unspecified atom stereocenters. The van der Waals surface area contributed by atoms with Crippen LogP contribution in [-0.2, 0) is 0 Å². The fraction of sp³-hybridized carbons (Fsp3) is 0.615. The smallest absolute Gasteiger partial charge is 0.311 e. The summed E-state index contributed by atoms with van der Waals surface area (Å²) in [6.45, 7) is 6.57. The standard InChI is InChI=1S/C13H21N5O2/c1-13(2)9-17(8-7-16(13)4)12-10(18(19)20)5-6-11(14-3)15-12/h5-6H,7-9H2,1-4H3,(H,14,15). The average molecular weight is 279 g/mol. The topological polar surface area (TPSA) is 74.5 Å². The number of likely N-dealkylation sites (N-methyl/N-ethyl adjacent to an activating group) is 1. The maximum Gasteiger partial charge on any atom is 0.311 e. The number of anilines is 2. The molecule has 1 aromatic heterocycles. The number of nitrogens with zero attached hydrogens (tertiary/aromatic N) is 4. The number of nitro groups is 1. The Hall–Kier alpha value is -1.89. The molecule has 2 heterocycles. The van der Waals surface area contributed by atoms with Gasteiger partial charge < -0.3 is 10.2 Å². The Bertz CT molecular complexity index is 517. The Morgan fingerprint density at radius 3 is 2.65 bits per heavy atom. The van der Waals surface area contributed by atoms with Crippen LogP contribution in [0.3, 0.4) is 0 Å². The molecule has 0 saturated carbocycles. The highest BCUT2D eigenvalue weighted by Gasteiger charge is 2.34. The molecule has 1 N–H and O–H groups in total. The first kappa shape index (κ1) is 14.5. The van der Waals surface area contributed by atoms with Gasteiger partial charge in [0.25, 0.3) is 0 Å². The Balaban J connectivity index is 2.38. The van der Waals surface area contributed by atoms with Gasteiger partial charge in [-0.25, -0.2) is 4.98 Å². The van der Waals surface area contributed by atoms with Crippen molar-refractivity contribution in [3.8, 4) is 0 Å². The van der Waals surface area contributed by atoms with E-state index in [9.17, 15) is 10.1 Å². The number of aromatic nitrogens is 1. The lowest BCUT2D eigenvalue weighted by Crippen LogP contribution is -2.58. The zero-order chi connectivity index (χ0) is 14.9. The lowest BCUT2D eigenvalue weighted by molar-refractivity contribution is -0.384. The van der Waals surface area contributed by atoms with E-state index >= 15 is 0 Å². The van der Waals surface area contributed by atoms with E-state index in [1.807, 2.05) is 4.90 Å². The van der Waals surface area contributed by atoms with Crippen molar-refractivity contribution >= 4 is 17.3 Å². The number of hydrogen-bond donors (Lipinski definition) is 1. The highest BCUT2D eigenvalue weighted by atomic mass is 16.6. The summed E-state index contributed by atoms with van der Waals surface area (Å²) in [6, 6.07) is 3.14. The third-order valence-electron chi connectivity index (χ3n) is 3.92. The third-order valence-corrected chi connectivity index (χ3v) is 3.92. The molecule has 7 nitrogen and oxygen atoms in total. The van der Waals surface area contributed by atoms with Crippen molar-refractivity contribution in [2.45, 2.75) is 19.4 Å². The van der Waals surface area contributed by atoms with Gasteiger partial charge >= 0.3 is 5.69 Å². The van der Waals surface area contributed by atoms with Crippen molar-refractivity contribution in [3.05, 3.63) is 22.2 Å². The van der Waals surface area contributed by atoms with Crippen LogP contribution in [-0.4, -0.2) is 54.1 Å². The third kappa shape index (κ3) is 2.67. The Morgan fingerprint density at radius 1 is 1.40 bits per heavy atom. The molecule has 0 bridgehead atoms. The van der Waals surface area contributed by atoms with Crippen LogP contribution < -0.4 is 10.2 Å². The minimum Gasteiger partial charge on any atom is -0.373 e. The molecule has 1 fully saturated rings. The summed E-state index contributed by atoms with van der Waals surface area (Å²) in [5.74, 6) is 1.09. The predicted octanol–water partition coefficient (Wildman–Crippen LogP) is 1.56. The van der Waals surface area contributed by atoms with Gasteiger partial charge in [0.2, 0.25) is 5.82 Å². The van der Waals surface area contributed by atoms with E-state index in [1.54, 1.807) is 13.1 Å². The quantitative estimate of drug-likeness (QED) is 0.668. The Kier molecular flexibility index (Phi) is 3.80. The fourth-order valence-electron chi connectivity index (χ4n) is 2.38. The lowest BCUT2D eigenvalue weighted by atomic mass is 9.99. The molecule has 0 radical (unpaired) electrons. The number of hydrogen-bond acceptors (Lipinski definition) is 6. The van der Waals surface area contributed by atoms with Gasteiger partial charge in [0.05, 0.1) is 4.92 Å². The van der Waals surface area contributed by atoms with Gasteiger partial charge in [-0.15, -0.1) is 0 Å². The van der Waals surface area contributed by atoms with Crippen LogP contribution in [0.15, 0.2) is 12.1 Å². The van der Waals surface area contributed by atoms with Gasteiger partial charge in [-0.1, -0.05) is 0 Å². The number of rotatable bonds is 3. The summed E-state index contributed by atoms with van der Waals surface area (Å²) in [4.78, 5) is 19.5. The zero-order valence-corrected chi connectivity index (χ0v) is 12.4. The summed E-state index contributed by atoms with van der Waals surface area (Å²) in [5.41, 5.74) is 0.0213. The van der Waals surface area contributed by atoms with Crippen molar-refractivity contribution in [1.82, 2.24) is 9.88 Å². The van der Waals surface area contributed by atoms with Crippen molar-refractivity contribution in [2.75, 3.05) is 43.9 Å². The van der Waals surface area contributed by atoms with Crippen molar-refractivity contribution in [3.63, 3.8) is 0 Å². The van der Waals surface area contributed by atoms with E-state index in [-0.39, 0.29) is 16.1 Å². The molecule has 0 aromatic carbocycles. The lowest BCUT2D eigenvalue weighted by Gasteiger charge is -2.45. The molecule has 1 saturated heterocycles. The first-order valence-electron chi connectivity index (χ1n) is 6.64. The second-order valence-corrected chi connectivity index (χ2v) is 5.70. The number of pyridine rings is 1. The minimum atomic E-state index is -0.368. The molecular weight excluding hydrogens is 258 g/mol. The van der Waals surface area contributed by atoms with Crippen LogP contribution in [0.2, 0.25) is 0 Å². The van der Waals surface area contributed by atoms with E-state index in [4.69, 9.17) is 0 Å². The molecule has 7 heteroatoms. The molecule has 110 valence electrons. The Labute approximate surface area is 118 Å². The van der Waals surface area contributed by atoms with Gasteiger partial charge in [-0.2, -0.15) is 0 Å². The monoisotopic (exact) mass is 279 g/mol. The van der Waals surface area contributed by atoms with Crippen LogP contribution in [0.4, 0.5) is 17.3 Å². The highest BCUT2D eigenvalue weighted by Crippen LogP contribution is 2.31. The molecular formula is C13H21N5O2. The van der Waals surface area contributed by atoms with Gasteiger partial charge in [0.15, 0.2) is 0 Å². The summed E-state index contributed by atoms with van der Waals surface area (Å²) in [6.07, 6.45) is 0. The summed E-state index contributed by atoms with van der Waals surface area (Å²) < 4.78 is 0. The molecule has 0 amide bonds. The van der Waals surface area contributed by atoms with E-state index in [0.29, 0.717) is 18.2 Å². The summed E-state index contributed by atoms with van der Waals surface area (Å²) >= 11 is 0. The molecule has 0 atom stereocenters. The largest absolute Gasteiger partial charge is 0.373 e. The molecule has 0 aliphatic carbocycles. The molecule has 0 spiro atoms. The second-order valence-electron chi connectivity index (χ2n) is 5.70. The van der Waals surface area contributed by atoms with Crippen LogP contribution in [0.25, 0.3) is 0 Å². The highest BCUT2D eigenvalue weighted by molar-refractivity contribution is 5.62. The number of piperazine rings is 1. The van der Waals surface area contributed by atoms with Crippen LogP contribution in [0.5, 0.6) is 0 Å². The molecule has 1 aliphatic heterocycles. The van der Waals surface area contributed by atoms with E-state index in [0.717, 1.165) is 13.1 Å². The van der Waals surface area contributed by atoms with Crippen molar-refractivity contribution < 1.29 is 4.92 Å². The molecule has 1 aliphatic rings. The summed E-state index contributed by atoms with van der Waals surface area (Å²) in [7, 11) is 3.83. The second kappa shape index (κ2) is 5.24. The number of nitrogens with one attached hydrogen (secondary N) is 1. The first-order chi connectivity index (χ1) is 9.35. The molecule has 1 aromatic rings. The first-order valence-corrected chi connectivity index (χ1v) is 6.64. The maximum atomic E-state index is 11.2. The zero-order valence-electron chi connectivity index (χ0n) is 12.4. The molecule has 20 heavy (non-hydrogen) atoms. The van der Waals surface area contributed by atoms with Crippen molar-refractivity contribution in [1.29, 1.82) is 0 Å². The van der Waals surface area contributed by atoms with Crippen molar-refractivity contribution in [2.24, 2.45) is 0 Å². The maximum absolute atomic E-state index is 11.2. The van der Waals surface area contributed by atoms with Crippen LogP contribution in [0, 0.1) is 10.1 Å². The van der Waals surface area contributed by atoms with E-state index < -0.39 is 0 Å². The van der Waals surface area contributed by atoms with Crippen LogP contribution in [0.1, 0.15) is 13.8 Å². The van der Waals surface area contributed by atoms with Gasteiger partial charge in [0, 0.05) is 38.3 Å². The fourth-order valence-corrected chi connectivity index (χ4v) is 2.38. The SMILES string of the molecule is CNc1ccc([N+](=O)[O-])c(N2CCN(C)C(C)(C)C2)n1. The average Bonchev–Trinajstić information content (AvgIpc) is 2.41. The summed E-state index contributed by atoms with van der Waals surface area (Å²) in [5, 5.41) is 14.1. The van der Waals surface area contributed by atoms with Gasteiger partial charge in [-0.3, -0.25) is 15.0 Å². The minimum absolute atomic E-state index is 0.0382. The predicted molar refractivity (Wildman–Crippen MR) is 79.4 cm³/mol. The molecule has 2 rings (SSSR count). The van der Waals surface area contributed by atoms with E-state index in [2.05, 4.69) is 36.1 Å². The van der Waals surface area contributed by atoms with Gasteiger partial charge in [0.1, 0.15) is 5.82 Å².